The lowest BCUT2D eigenvalue weighted by Crippen LogP contribution is -2.35. The first-order valence-electron chi connectivity index (χ1n) is 11.8. The molecule has 0 amide bonds. The normalized spacial score (nSPS) is 29.1. The van der Waals surface area contributed by atoms with E-state index < -0.39 is 24.7 Å². The Hall–Kier alpha value is -1.62. The van der Waals surface area contributed by atoms with Crippen molar-refractivity contribution in [1.82, 2.24) is 14.9 Å². The molecule has 3 fully saturated rings. The van der Waals surface area contributed by atoms with Gasteiger partial charge in [-0.15, -0.1) is 11.3 Å². The minimum atomic E-state index is -4.26. The molecule has 2 aromatic rings. The van der Waals surface area contributed by atoms with E-state index in [4.69, 9.17) is 0 Å². The van der Waals surface area contributed by atoms with Crippen molar-refractivity contribution in [3.8, 4) is 0 Å². The second kappa shape index (κ2) is 8.80. The maximum Gasteiger partial charge on any atom is 0.393 e. The number of hydrogen-bond acceptors (Lipinski definition) is 5. The molecule has 188 valence electrons. The number of hydrogen-bond donors (Lipinski definition) is 0. The zero-order chi connectivity index (χ0) is 24.1. The molecule has 0 radical (unpaired) electrons. The van der Waals surface area contributed by atoms with Gasteiger partial charge in [0.25, 0.3) is 0 Å². The summed E-state index contributed by atoms with van der Waals surface area (Å²) in [6.45, 7) is 4.30. The lowest BCUT2D eigenvalue weighted by atomic mass is 9.81. The molecule has 1 saturated carbocycles. The molecule has 1 spiro atoms. The molecule has 0 aromatic carbocycles. The molecular formula is C23H28F6N4S. The van der Waals surface area contributed by atoms with Gasteiger partial charge >= 0.3 is 12.4 Å². The lowest BCUT2D eigenvalue weighted by molar-refractivity contribution is -0.184. The van der Waals surface area contributed by atoms with Gasteiger partial charge in [-0.2, -0.15) is 26.3 Å². The summed E-state index contributed by atoms with van der Waals surface area (Å²) in [4.78, 5) is 14.0. The fourth-order valence-corrected chi connectivity index (χ4v) is 7.12. The molecule has 4 heterocycles. The van der Waals surface area contributed by atoms with Gasteiger partial charge in [0.15, 0.2) is 0 Å². The van der Waals surface area contributed by atoms with Crippen LogP contribution < -0.4 is 4.90 Å². The number of aromatic nitrogens is 2. The zero-order valence-electron chi connectivity index (χ0n) is 18.8. The second-order valence-corrected chi connectivity index (χ2v) is 11.5. The largest absolute Gasteiger partial charge is 0.393 e. The third-order valence-corrected chi connectivity index (χ3v) is 8.86. The summed E-state index contributed by atoms with van der Waals surface area (Å²) in [6.07, 6.45) is -4.11. The van der Waals surface area contributed by atoms with Crippen LogP contribution in [0.4, 0.5) is 32.2 Å². The van der Waals surface area contributed by atoms with Crippen molar-refractivity contribution >= 4 is 27.4 Å². The Labute approximate surface area is 198 Å². The van der Waals surface area contributed by atoms with Crippen LogP contribution in [0, 0.1) is 17.3 Å². The summed E-state index contributed by atoms with van der Waals surface area (Å²) < 4.78 is 77.4. The van der Waals surface area contributed by atoms with Crippen molar-refractivity contribution in [1.29, 1.82) is 0 Å². The fraction of sp³-hybridized carbons (Fsp3) is 0.739. The van der Waals surface area contributed by atoms with Crippen molar-refractivity contribution in [3.63, 3.8) is 0 Å². The molecule has 4 nitrogen and oxygen atoms in total. The minimum Gasteiger partial charge on any atom is -0.355 e. The van der Waals surface area contributed by atoms with Gasteiger partial charge in [0, 0.05) is 36.5 Å². The summed E-state index contributed by atoms with van der Waals surface area (Å²) in [7, 11) is 0. The number of thiophene rings is 1. The molecule has 2 aliphatic heterocycles. The van der Waals surface area contributed by atoms with Gasteiger partial charge in [-0.05, 0) is 57.1 Å². The van der Waals surface area contributed by atoms with E-state index >= 15 is 0 Å². The van der Waals surface area contributed by atoms with Gasteiger partial charge in [0.2, 0.25) is 0 Å². The van der Waals surface area contributed by atoms with E-state index in [-0.39, 0.29) is 23.1 Å². The monoisotopic (exact) mass is 506 g/mol. The van der Waals surface area contributed by atoms with Crippen molar-refractivity contribution in [2.24, 2.45) is 17.3 Å². The lowest BCUT2D eigenvalue weighted by Gasteiger charge is -2.32. The summed E-state index contributed by atoms with van der Waals surface area (Å²) in [5, 5.41) is 0.681. The van der Waals surface area contributed by atoms with Gasteiger partial charge in [0.1, 0.15) is 17.0 Å². The summed E-state index contributed by atoms with van der Waals surface area (Å²) >= 11 is 1.07. The first kappa shape index (κ1) is 24.1. The molecule has 0 bridgehead atoms. The summed E-state index contributed by atoms with van der Waals surface area (Å²) in [5.74, 6) is -0.114. The topological polar surface area (TPSA) is 32.3 Å². The van der Waals surface area contributed by atoms with Gasteiger partial charge < -0.3 is 9.80 Å². The van der Waals surface area contributed by atoms with Gasteiger partial charge in [0.05, 0.1) is 17.7 Å². The van der Waals surface area contributed by atoms with Crippen molar-refractivity contribution in [3.05, 3.63) is 17.3 Å². The highest BCUT2D eigenvalue weighted by Crippen LogP contribution is 2.44. The Bertz CT molecular complexity index is 1010. The molecule has 3 aliphatic rings. The van der Waals surface area contributed by atoms with E-state index in [1.807, 2.05) is 0 Å². The van der Waals surface area contributed by atoms with Crippen molar-refractivity contribution < 1.29 is 26.3 Å². The molecule has 11 heteroatoms. The SMILES string of the molecule is FC(F)(F)Cc1cc2c(N3CCC4(CCN(C[C@H]5CC[C@H](C(F)(F)F)CC5)C4)C3)ncnc2s1. The Morgan fingerprint density at radius 1 is 0.971 bits per heavy atom. The Morgan fingerprint density at radius 2 is 1.71 bits per heavy atom. The third-order valence-electron chi connectivity index (χ3n) is 7.82. The third kappa shape index (κ3) is 5.15. The van der Waals surface area contributed by atoms with E-state index in [0.29, 0.717) is 34.8 Å². The molecule has 1 unspecified atom stereocenters. The quantitative estimate of drug-likeness (QED) is 0.472. The first-order chi connectivity index (χ1) is 16.0. The smallest absolute Gasteiger partial charge is 0.355 e. The molecule has 2 saturated heterocycles. The van der Waals surface area contributed by atoms with Gasteiger partial charge in [-0.25, -0.2) is 9.97 Å². The van der Waals surface area contributed by atoms with Crippen LogP contribution in [0.15, 0.2) is 12.4 Å². The van der Waals surface area contributed by atoms with Crippen LogP contribution in [0.1, 0.15) is 43.4 Å². The predicted octanol–water partition coefficient (Wildman–Crippen LogP) is 6.07. The molecule has 1 atom stereocenters. The number of nitrogens with zero attached hydrogens (tertiary/aromatic N) is 4. The van der Waals surface area contributed by atoms with E-state index in [2.05, 4.69) is 19.8 Å². The highest BCUT2D eigenvalue weighted by Gasteiger charge is 2.46. The Morgan fingerprint density at radius 3 is 2.41 bits per heavy atom. The Kier molecular flexibility index (Phi) is 6.23. The van der Waals surface area contributed by atoms with Crippen molar-refractivity contribution in [2.75, 3.05) is 37.6 Å². The first-order valence-corrected chi connectivity index (χ1v) is 12.7. The van der Waals surface area contributed by atoms with Crippen LogP contribution >= 0.6 is 11.3 Å². The summed E-state index contributed by atoms with van der Waals surface area (Å²) in [6, 6.07) is 1.58. The van der Waals surface area contributed by atoms with Crippen LogP contribution in [0.2, 0.25) is 0 Å². The zero-order valence-corrected chi connectivity index (χ0v) is 19.6. The van der Waals surface area contributed by atoms with Crippen molar-refractivity contribution in [2.45, 2.75) is 57.3 Å². The molecular weight excluding hydrogens is 478 g/mol. The molecule has 34 heavy (non-hydrogen) atoms. The van der Waals surface area contributed by atoms with Crippen LogP contribution in [0.5, 0.6) is 0 Å². The number of anilines is 1. The number of rotatable bonds is 4. The fourth-order valence-electron chi connectivity index (χ4n) is 6.10. The highest BCUT2D eigenvalue weighted by atomic mass is 32.1. The standard InChI is InChI=1S/C23H28F6N4S/c24-22(25,26)10-17-9-18-19(30-14-31-20(18)34-17)33-8-6-21(13-33)5-7-32(12-21)11-15-1-3-16(4-2-15)23(27,28)29/h9,14-16H,1-8,10-13H2/t15-,16-,21?. The molecule has 1 aliphatic carbocycles. The van der Waals surface area contributed by atoms with Gasteiger partial charge in [-0.1, -0.05) is 0 Å². The minimum absolute atomic E-state index is 0.102. The second-order valence-electron chi connectivity index (χ2n) is 10.3. The molecule has 0 N–H and O–H groups in total. The number of halogens is 6. The van der Waals surface area contributed by atoms with E-state index in [1.165, 1.54) is 6.33 Å². The van der Waals surface area contributed by atoms with Crippen LogP contribution in [-0.2, 0) is 6.42 Å². The van der Waals surface area contributed by atoms with E-state index in [9.17, 15) is 26.3 Å². The maximum absolute atomic E-state index is 12.9. The molecule has 5 rings (SSSR count). The Balaban J connectivity index is 1.21. The van der Waals surface area contributed by atoms with E-state index in [0.717, 1.165) is 56.9 Å². The highest BCUT2D eigenvalue weighted by molar-refractivity contribution is 7.18. The number of alkyl halides is 6. The van der Waals surface area contributed by atoms with Crippen LogP contribution in [-0.4, -0.2) is 59.9 Å². The summed E-state index contributed by atoms with van der Waals surface area (Å²) in [5.41, 5.74) is 0.102. The number of likely N-dealkylation sites (tertiary alicyclic amines) is 1. The predicted molar refractivity (Wildman–Crippen MR) is 119 cm³/mol. The number of fused-ring (bicyclic) bond motifs is 1. The van der Waals surface area contributed by atoms with Crippen LogP contribution in [0.3, 0.4) is 0 Å². The maximum atomic E-state index is 12.9. The van der Waals surface area contributed by atoms with Gasteiger partial charge in [-0.3, -0.25) is 0 Å². The molecule has 2 aromatic heterocycles. The average Bonchev–Trinajstić information content (AvgIpc) is 3.45. The van der Waals surface area contributed by atoms with E-state index in [1.54, 1.807) is 6.07 Å². The average molecular weight is 507 g/mol. The van der Waals surface area contributed by atoms with Crippen LogP contribution in [0.25, 0.3) is 10.2 Å².